The molecule has 6 heteroatoms. The maximum Gasteiger partial charge on any atom is 0.148 e. The standard InChI is InChI=1S/C13H15F2N3O/c1-8-5-11(15)9(6-10(8)14)12-7-13(18-17-12)16-3-4-19-2/h5-7H,3-4H2,1-2H3,(H2,16,17,18). The molecule has 0 atom stereocenters. The van der Waals surface area contributed by atoms with Gasteiger partial charge in [-0.3, -0.25) is 5.10 Å². The first-order valence-corrected chi connectivity index (χ1v) is 5.86. The third-order valence-corrected chi connectivity index (χ3v) is 2.73. The van der Waals surface area contributed by atoms with Crippen molar-refractivity contribution in [2.75, 3.05) is 25.6 Å². The van der Waals surface area contributed by atoms with Gasteiger partial charge < -0.3 is 10.1 Å². The molecule has 0 aliphatic rings. The van der Waals surface area contributed by atoms with Crippen LogP contribution in [-0.4, -0.2) is 30.5 Å². The largest absolute Gasteiger partial charge is 0.383 e. The van der Waals surface area contributed by atoms with Crippen molar-refractivity contribution in [1.82, 2.24) is 10.2 Å². The van der Waals surface area contributed by atoms with Crippen molar-refractivity contribution in [3.05, 3.63) is 35.4 Å². The zero-order valence-electron chi connectivity index (χ0n) is 10.8. The molecular weight excluding hydrogens is 252 g/mol. The zero-order valence-corrected chi connectivity index (χ0v) is 10.8. The summed E-state index contributed by atoms with van der Waals surface area (Å²) in [6.07, 6.45) is 0. The zero-order chi connectivity index (χ0) is 13.8. The molecule has 102 valence electrons. The molecule has 0 fully saturated rings. The molecule has 1 aromatic carbocycles. The van der Waals surface area contributed by atoms with Gasteiger partial charge in [-0.1, -0.05) is 0 Å². The van der Waals surface area contributed by atoms with Crippen LogP contribution in [0.2, 0.25) is 0 Å². The molecule has 0 amide bonds. The monoisotopic (exact) mass is 267 g/mol. The van der Waals surface area contributed by atoms with Gasteiger partial charge in [0.2, 0.25) is 0 Å². The van der Waals surface area contributed by atoms with E-state index < -0.39 is 11.6 Å². The number of methoxy groups -OCH3 is 1. The SMILES string of the molecule is COCCNc1cc(-c2cc(F)c(C)cc2F)[nH]n1. The number of aryl methyl sites for hydroxylation is 1. The smallest absolute Gasteiger partial charge is 0.148 e. The molecule has 0 saturated heterocycles. The van der Waals surface area contributed by atoms with Crippen molar-refractivity contribution >= 4 is 5.82 Å². The fourth-order valence-electron chi connectivity index (χ4n) is 1.68. The normalized spacial score (nSPS) is 10.7. The highest BCUT2D eigenvalue weighted by Crippen LogP contribution is 2.25. The summed E-state index contributed by atoms with van der Waals surface area (Å²) in [5.41, 5.74) is 0.867. The van der Waals surface area contributed by atoms with Crippen LogP contribution in [0.3, 0.4) is 0 Å². The number of hydrogen-bond acceptors (Lipinski definition) is 3. The van der Waals surface area contributed by atoms with E-state index in [4.69, 9.17) is 4.74 Å². The molecule has 0 aliphatic heterocycles. The van der Waals surface area contributed by atoms with Crippen LogP contribution in [0.1, 0.15) is 5.56 Å². The Balaban J connectivity index is 2.20. The molecule has 19 heavy (non-hydrogen) atoms. The Hall–Kier alpha value is -1.95. The Labute approximate surface area is 109 Å². The third-order valence-electron chi connectivity index (χ3n) is 2.73. The molecular formula is C13H15F2N3O. The Morgan fingerprint density at radius 1 is 1.26 bits per heavy atom. The Kier molecular flexibility index (Phi) is 4.11. The molecule has 0 saturated carbocycles. The van der Waals surface area contributed by atoms with Gasteiger partial charge in [0.1, 0.15) is 17.5 Å². The molecule has 4 nitrogen and oxygen atoms in total. The number of hydrogen-bond donors (Lipinski definition) is 2. The van der Waals surface area contributed by atoms with Crippen molar-refractivity contribution in [1.29, 1.82) is 0 Å². The first-order valence-electron chi connectivity index (χ1n) is 5.86. The Morgan fingerprint density at radius 3 is 2.79 bits per heavy atom. The third kappa shape index (κ3) is 3.08. The summed E-state index contributed by atoms with van der Waals surface area (Å²) in [4.78, 5) is 0. The summed E-state index contributed by atoms with van der Waals surface area (Å²) in [6, 6.07) is 3.96. The van der Waals surface area contributed by atoms with E-state index in [1.54, 1.807) is 13.2 Å². The van der Waals surface area contributed by atoms with Gasteiger partial charge in [-0.2, -0.15) is 5.10 Å². The molecule has 2 rings (SSSR count). The molecule has 0 spiro atoms. The van der Waals surface area contributed by atoms with Crippen LogP contribution >= 0.6 is 0 Å². The Morgan fingerprint density at radius 2 is 2.05 bits per heavy atom. The second-order valence-corrected chi connectivity index (χ2v) is 4.17. The lowest BCUT2D eigenvalue weighted by molar-refractivity contribution is 0.210. The van der Waals surface area contributed by atoms with Crippen LogP contribution < -0.4 is 5.32 Å². The maximum atomic E-state index is 13.8. The highest BCUT2D eigenvalue weighted by Gasteiger charge is 2.11. The fraction of sp³-hybridized carbons (Fsp3) is 0.308. The van der Waals surface area contributed by atoms with Gasteiger partial charge in [0.15, 0.2) is 0 Å². The van der Waals surface area contributed by atoms with E-state index in [0.29, 0.717) is 24.7 Å². The van der Waals surface area contributed by atoms with E-state index >= 15 is 0 Å². The van der Waals surface area contributed by atoms with E-state index in [0.717, 1.165) is 6.07 Å². The summed E-state index contributed by atoms with van der Waals surface area (Å²) in [5.74, 6) is -0.363. The van der Waals surface area contributed by atoms with Crippen LogP contribution in [0.15, 0.2) is 18.2 Å². The molecule has 0 radical (unpaired) electrons. The summed E-state index contributed by atoms with van der Waals surface area (Å²) in [6.45, 7) is 2.65. The van der Waals surface area contributed by atoms with Crippen LogP contribution in [0.5, 0.6) is 0 Å². The lowest BCUT2D eigenvalue weighted by atomic mass is 10.1. The van der Waals surface area contributed by atoms with Gasteiger partial charge in [0.05, 0.1) is 12.3 Å². The predicted molar refractivity (Wildman–Crippen MR) is 69.0 cm³/mol. The Bertz CT molecular complexity index is 569. The minimum Gasteiger partial charge on any atom is -0.383 e. The second kappa shape index (κ2) is 5.79. The highest BCUT2D eigenvalue weighted by molar-refractivity contribution is 5.64. The van der Waals surface area contributed by atoms with Gasteiger partial charge in [0, 0.05) is 25.3 Å². The molecule has 2 aromatic rings. The summed E-state index contributed by atoms with van der Waals surface area (Å²) >= 11 is 0. The van der Waals surface area contributed by atoms with E-state index in [1.165, 1.54) is 13.0 Å². The van der Waals surface area contributed by atoms with Crippen molar-refractivity contribution < 1.29 is 13.5 Å². The molecule has 1 heterocycles. The van der Waals surface area contributed by atoms with Gasteiger partial charge in [-0.05, 0) is 24.6 Å². The first-order chi connectivity index (χ1) is 9.11. The topological polar surface area (TPSA) is 49.9 Å². The quantitative estimate of drug-likeness (QED) is 0.819. The number of ether oxygens (including phenoxy) is 1. The minimum atomic E-state index is -0.481. The number of aromatic amines is 1. The number of aromatic nitrogens is 2. The summed E-state index contributed by atoms with van der Waals surface area (Å²) in [7, 11) is 1.60. The van der Waals surface area contributed by atoms with Crippen LogP contribution in [-0.2, 0) is 4.74 Å². The van der Waals surface area contributed by atoms with Crippen molar-refractivity contribution in [2.24, 2.45) is 0 Å². The predicted octanol–water partition coefficient (Wildman–Crippen LogP) is 2.72. The van der Waals surface area contributed by atoms with Crippen LogP contribution in [0, 0.1) is 18.6 Å². The maximum absolute atomic E-state index is 13.8. The highest BCUT2D eigenvalue weighted by atomic mass is 19.1. The fourth-order valence-corrected chi connectivity index (χ4v) is 1.68. The average molecular weight is 267 g/mol. The number of halogens is 2. The van der Waals surface area contributed by atoms with E-state index in [2.05, 4.69) is 15.5 Å². The number of nitrogens with zero attached hydrogens (tertiary/aromatic N) is 1. The van der Waals surface area contributed by atoms with Gasteiger partial charge in [-0.15, -0.1) is 0 Å². The van der Waals surface area contributed by atoms with Gasteiger partial charge in [-0.25, -0.2) is 8.78 Å². The number of benzene rings is 1. The number of nitrogens with one attached hydrogen (secondary N) is 2. The lowest BCUT2D eigenvalue weighted by Crippen LogP contribution is -2.07. The molecule has 1 aromatic heterocycles. The number of H-pyrrole nitrogens is 1. The van der Waals surface area contributed by atoms with Crippen LogP contribution in [0.4, 0.5) is 14.6 Å². The molecule has 0 unspecified atom stereocenters. The number of anilines is 1. The van der Waals surface area contributed by atoms with Crippen molar-refractivity contribution in [3.63, 3.8) is 0 Å². The van der Waals surface area contributed by atoms with E-state index in [1.807, 2.05) is 0 Å². The van der Waals surface area contributed by atoms with Crippen LogP contribution in [0.25, 0.3) is 11.3 Å². The molecule has 2 N–H and O–H groups in total. The second-order valence-electron chi connectivity index (χ2n) is 4.17. The van der Waals surface area contributed by atoms with E-state index in [-0.39, 0.29) is 11.1 Å². The average Bonchev–Trinajstić information content (AvgIpc) is 2.83. The number of rotatable bonds is 5. The van der Waals surface area contributed by atoms with Crippen molar-refractivity contribution in [3.8, 4) is 11.3 Å². The molecule has 0 aliphatic carbocycles. The molecule has 0 bridgehead atoms. The summed E-state index contributed by atoms with van der Waals surface area (Å²) in [5, 5.41) is 9.65. The van der Waals surface area contributed by atoms with Crippen molar-refractivity contribution in [2.45, 2.75) is 6.92 Å². The van der Waals surface area contributed by atoms with Gasteiger partial charge in [0.25, 0.3) is 0 Å². The van der Waals surface area contributed by atoms with E-state index in [9.17, 15) is 8.78 Å². The lowest BCUT2D eigenvalue weighted by Gasteiger charge is -2.03. The van der Waals surface area contributed by atoms with Gasteiger partial charge >= 0.3 is 0 Å². The summed E-state index contributed by atoms with van der Waals surface area (Å²) < 4.78 is 32.1. The first kappa shape index (κ1) is 13.5. The minimum absolute atomic E-state index is 0.162.